The van der Waals surface area contributed by atoms with Gasteiger partial charge < -0.3 is 20.5 Å². The van der Waals surface area contributed by atoms with Crippen LogP contribution in [-0.4, -0.2) is 38.0 Å². The van der Waals surface area contributed by atoms with Gasteiger partial charge >= 0.3 is 0 Å². The minimum absolute atomic E-state index is 0. The summed E-state index contributed by atoms with van der Waals surface area (Å²) in [6.07, 6.45) is 0. The molecule has 0 saturated heterocycles. The van der Waals surface area contributed by atoms with Crippen molar-refractivity contribution in [3.63, 3.8) is 0 Å². The Morgan fingerprint density at radius 2 is 1.85 bits per heavy atom. The molecule has 20 heavy (non-hydrogen) atoms. The maximum atomic E-state index is 8.62. The van der Waals surface area contributed by atoms with Gasteiger partial charge in [0, 0.05) is 36.2 Å². The third-order valence-electron chi connectivity index (χ3n) is 2.40. The van der Waals surface area contributed by atoms with Crippen molar-refractivity contribution in [3.05, 3.63) is 28.2 Å². The second kappa shape index (κ2) is 13.9. The molecule has 118 valence electrons. The number of aliphatic hydroxyl groups excluding tert-OH is 1. The predicted molar refractivity (Wildman–Crippen MR) is 91.5 cm³/mol. The Hall–Kier alpha value is -0.0400. The quantitative estimate of drug-likeness (QED) is 0.567. The second-order valence-electron chi connectivity index (χ2n) is 3.84. The summed E-state index contributed by atoms with van der Waals surface area (Å²) in [7, 11) is 0. The Morgan fingerprint density at radius 3 is 2.50 bits per heavy atom. The molecule has 1 rings (SSSR count). The van der Waals surface area contributed by atoms with Crippen LogP contribution in [0, 0.1) is 0 Å². The van der Waals surface area contributed by atoms with Crippen LogP contribution >= 0.6 is 40.7 Å². The third kappa shape index (κ3) is 9.00. The first-order valence-electron chi connectivity index (χ1n) is 6.21. The Kier molecular flexibility index (Phi) is 15.5. The number of nitrogens with one attached hydrogen (secondary N) is 2. The lowest BCUT2D eigenvalue weighted by atomic mass is 10.2. The third-order valence-corrected chi connectivity index (χ3v) is 2.90. The van der Waals surface area contributed by atoms with Gasteiger partial charge in [0.15, 0.2) is 0 Å². The van der Waals surface area contributed by atoms with Crippen LogP contribution < -0.4 is 15.4 Å². The Balaban J connectivity index is 0. The second-order valence-corrected chi connectivity index (χ2v) is 4.75. The Bertz CT molecular complexity index is 357. The zero-order valence-corrected chi connectivity index (χ0v) is 14.7. The highest BCUT2D eigenvalue weighted by Gasteiger charge is 2.03. The topological polar surface area (TPSA) is 53.5 Å². The van der Waals surface area contributed by atoms with Crippen LogP contribution in [-0.2, 0) is 6.54 Å². The lowest BCUT2D eigenvalue weighted by Crippen LogP contribution is -2.28. The average Bonchev–Trinajstić information content (AvgIpc) is 2.37. The van der Waals surface area contributed by atoms with E-state index in [9.17, 15) is 0 Å². The molecule has 3 N–H and O–H groups in total. The lowest BCUT2D eigenvalue weighted by Gasteiger charge is -2.11. The van der Waals surface area contributed by atoms with Crippen LogP contribution in [0.1, 0.15) is 12.5 Å². The van der Waals surface area contributed by atoms with Gasteiger partial charge in [0.2, 0.25) is 0 Å². The van der Waals surface area contributed by atoms with Gasteiger partial charge in [0.25, 0.3) is 0 Å². The molecule has 0 spiro atoms. The van der Waals surface area contributed by atoms with Crippen LogP contribution in [0.3, 0.4) is 0 Å². The van der Waals surface area contributed by atoms with E-state index in [4.69, 9.17) is 9.84 Å². The molecule has 0 saturated carbocycles. The molecule has 0 fully saturated rings. The number of rotatable bonds is 9. The van der Waals surface area contributed by atoms with E-state index in [1.165, 1.54) is 0 Å². The molecule has 0 atom stereocenters. The van der Waals surface area contributed by atoms with Gasteiger partial charge in [-0.15, -0.1) is 24.8 Å². The van der Waals surface area contributed by atoms with Crippen LogP contribution in [0.2, 0.25) is 0 Å². The molecule has 7 heteroatoms. The van der Waals surface area contributed by atoms with Crippen LogP contribution in [0.15, 0.2) is 22.7 Å². The fourth-order valence-corrected chi connectivity index (χ4v) is 1.99. The molecular formula is C13H23BrCl2N2O2. The summed E-state index contributed by atoms with van der Waals surface area (Å²) in [5, 5.41) is 15.1. The first-order valence-corrected chi connectivity index (χ1v) is 7.00. The summed E-state index contributed by atoms with van der Waals surface area (Å²) in [4.78, 5) is 0. The summed E-state index contributed by atoms with van der Waals surface area (Å²) in [6, 6.07) is 6.03. The van der Waals surface area contributed by atoms with E-state index < -0.39 is 0 Å². The molecule has 0 unspecified atom stereocenters. The largest absolute Gasteiger partial charge is 0.494 e. The fraction of sp³-hybridized carbons (Fsp3) is 0.538. The molecular weight excluding hydrogens is 367 g/mol. The van der Waals surface area contributed by atoms with E-state index in [2.05, 4.69) is 32.6 Å². The maximum absolute atomic E-state index is 8.62. The van der Waals surface area contributed by atoms with Gasteiger partial charge in [-0.25, -0.2) is 0 Å². The van der Waals surface area contributed by atoms with Gasteiger partial charge in [0.1, 0.15) is 5.75 Å². The molecule has 0 amide bonds. The van der Waals surface area contributed by atoms with Gasteiger partial charge in [-0.05, 0) is 25.1 Å². The van der Waals surface area contributed by atoms with Gasteiger partial charge in [-0.2, -0.15) is 0 Å². The molecule has 0 aliphatic carbocycles. The van der Waals surface area contributed by atoms with Crippen molar-refractivity contribution in [2.75, 3.05) is 32.8 Å². The first-order chi connectivity index (χ1) is 8.77. The lowest BCUT2D eigenvalue weighted by molar-refractivity contribution is 0.292. The molecule has 1 aromatic rings. The van der Waals surface area contributed by atoms with Crippen molar-refractivity contribution in [1.29, 1.82) is 0 Å². The minimum atomic E-state index is 0. The van der Waals surface area contributed by atoms with Crippen LogP contribution in [0.4, 0.5) is 0 Å². The number of ether oxygens (including phenoxy) is 1. The summed E-state index contributed by atoms with van der Waals surface area (Å²) in [5.74, 6) is 0.927. The zero-order valence-electron chi connectivity index (χ0n) is 11.5. The number of hydrogen-bond acceptors (Lipinski definition) is 4. The highest BCUT2D eigenvalue weighted by molar-refractivity contribution is 9.10. The molecule has 0 heterocycles. The van der Waals surface area contributed by atoms with Crippen LogP contribution in [0.25, 0.3) is 0 Å². The van der Waals surface area contributed by atoms with Crippen molar-refractivity contribution in [2.45, 2.75) is 13.5 Å². The van der Waals surface area contributed by atoms with Crippen molar-refractivity contribution >= 4 is 40.7 Å². The van der Waals surface area contributed by atoms with Gasteiger partial charge in [-0.1, -0.05) is 15.9 Å². The van der Waals surface area contributed by atoms with Crippen LogP contribution in [0.5, 0.6) is 5.75 Å². The van der Waals surface area contributed by atoms with E-state index in [0.29, 0.717) is 13.2 Å². The van der Waals surface area contributed by atoms with Crippen molar-refractivity contribution in [1.82, 2.24) is 10.6 Å². The van der Waals surface area contributed by atoms with E-state index in [-0.39, 0.29) is 31.4 Å². The first kappa shape index (κ1) is 22.2. The van der Waals surface area contributed by atoms with Gasteiger partial charge in [-0.3, -0.25) is 0 Å². The van der Waals surface area contributed by atoms with Crippen molar-refractivity contribution in [3.8, 4) is 5.75 Å². The zero-order chi connectivity index (χ0) is 13.2. The molecule has 4 nitrogen and oxygen atoms in total. The van der Waals surface area contributed by atoms with E-state index in [1.54, 1.807) is 0 Å². The fourth-order valence-electron chi connectivity index (χ4n) is 1.59. The monoisotopic (exact) mass is 388 g/mol. The molecule has 1 aromatic carbocycles. The summed E-state index contributed by atoms with van der Waals surface area (Å²) < 4.78 is 6.63. The molecule has 0 bridgehead atoms. The van der Waals surface area contributed by atoms with Gasteiger partial charge in [0.05, 0.1) is 13.2 Å². The van der Waals surface area contributed by atoms with E-state index in [1.807, 2.05) is 19.1 Å². The highest BCUT2D eigenvalue weighted by Crippen LogP contribution is 2.23. The number of hydrogen-bond donors (Lipinski definition) is 3. The normalized spacial score (nSPS) is 9.55. The maximum Gasteiger partial charge on any atom is 0.123 e. The Morgan fingerprint density at radius 1 is 1.15 bits per heavy atom. The van der Waals surface area contributed by atoms with Crippen molar-refractivity contribution < 1.29 is 9.84 Å². The van der Waals surface area contributed by atoms with Crippen molar-refractivity contribution in [2.24, 2.45) is 0 Å². The standard InChI is InChI=1S/C13H21BrN2O2.2ClH/c1-2-18-13-4-3-12(14)9-11(13)10-16-6-5-15-7-8-17;;/h3-4,9,15-17H,2,5-8,10H2,1H3;2*1H. The number of halogens is 3. The highest BCUT2D eigenvalue weighted by atomic mass is 79.9. The number of benzene rings is 1. The molecule has 0 aliphatic rings. The minimum Gasteiger partial charge on any atom is -0.494 e. The average molecular weight is 390 g/mol. The predicted octanol–water partition coefficient (Wildman–Crippen LogP) is 2.36. The molecule has 0 aromatic heterocycles. The van der Waals surface area contributed by atoms with E-state index in [0.717, 1.165) is 35.4 Å². The summed E-state index contributed by atoms with van der Waals surface area (Å²) in [5.41, 5.74) is 1.15. The van der Waals surface area contributed by atoms with E-state index >= 15 is 0 Å². The smallest absolute Gasteiger partial charge is 0.123 e. The summed E-state index contributed by atoms with van der Waals surface area (Å²) >= 11 is 3.47. The molecule has 0 aliphatic heterocycles. The number of aliphatic hydroxyl groups is 1. The Labute approximate surface area is 141 Å². The summed E-state index contributed by atoms with van der Waals surface area (Å²) in [6.45, 7) is 5.96. The molecule has 0 radical (unpaired) electrons. The SMILES string of the molecule is CCOc1ccc(Br)cc1CNCCNCCO.Cl.Cl.